The number of ether oxygens (including phenoxy) is 3. The fourth-order valence-corrected chi connectivity index (χ4v) is 6.08. The summed E-state index contributed by atoms with van der Waals surface area (Å²) in [5.41, 5.74) is 5.72. The number of morpholine rings is 1. The van der Waals surface area contributed by atoms with Crippen LogP contribution in [0.25, 0.3) is 0 Å². The predicted octanol–water partition coefficient (Wildman–Crippen LogP) is 4.13. The van der Waals surface area contributed by atoms with Gasteiger partial charge in [0.1, 0.15) is 0 Å². The molecule has 6 rings (SSSR count). The lowest BCUT2D eigenvalue weighted by Crippen LogP contribution is -2.37. The van der Waals surface area contributed by atoms with Crippen molar-refractivity contribution in [2.75, 3.05) is 44.5 Å². The molecule has 37 heavy (non-hydrogen) atoms. The first-order valence-electron chi connectivity index (χ1n) is 13.0. The first-order chi connectivity index (χ1) is 18.1. The molecule has 1 aromatic carbocycles. The highest BCUT2D eigenvalue weighted by Crippen LogP contribution is 2.45. The minimum Gasteiger partial charge on any atom is -0.454 e. The minimum atomic E-state index is -0.0820. The molecule has 3 aliphatic heterocycles. The summed E-state index contributed by atoms with van der Waals surface area (Å²) in [6.45, 7) is 10.5. The standard InChI is InChI=1S/C28H33N5O3S/c1-19-16-22(20(2)32(19)11-5-10-31-12-14-34-15-13-31)27-26(23-6-3-4-9-29-23)30-28(37)33(27)21-7-8-24-25(17-21)36-18-35-24/h3-4,6-9,16-17,26-27H,5,10-15,18H2,1-2H3,(H,30,37)/t26-,27-/m0/s1. The molecule has 0 bridgehead atoms. The molecule has 2 aromatic heterocycles. The number of nitrogens with zero attached hydrogens (tertiary/aromatic N) is 4. The first-order valence-corrected chi connectivity index (χ1v) is 13.4. The molecule has 2 atom stereocenters. The lowest BCUT2D eigenvalue weighted by atomic mass is 9.96. The van der Waals surface area contributed by atoms with Crippen LogP contribution in [0, 0.1) is 13.8 Å². The van der Waals surface area contributed by atoms with Crippen molar-refractivity contribution in [2.24, 2.45) is 0 Å². The lowest BCUT2D eigenvalue weighted by Gasteiger charge is -2.28. The smallest absolute Gasteiger partial charge is 0.231 e. The maximum Gasteiger partial charge on any atom is 0.231 e. The van der Waals surface area contributed by atoms with E-state index in [4.69, 9.17) is 31.4 Å². The van der Waals surface area contributed by atoms with Crippen LogP contribution in [0.15, 0.2) is 48.7 Å². The molecule has 1 N–H and O–H groups in total. The number of nitrogens with one attached hydrogen (secondary N) is 1. The van der Waals surface area contributed by atoms with Gasteiger partial charge >= 0.3 is 0 Å². The van der Waals surface area contributed by atoms with Crippen molar-refractivity contribution in [3.05, 3.63) is 71.3 Å². The zero-order valence-corrected chi connectivity index (χ0v) is 22.2. The Morgan fingerprint density at radius 2 is 1.86 bits per heavy atom. The third kappa shape index (κ3) is 4.67. The molecule has 0 unspecified atom stereocenters. The van der Waals surface area contributed by atoms with Gasteiger partial charge in [-0.1, -0.05) is 6.07 Å². The van der Waals surface area contributed by atoms with Crippen molar-refractivity contribution >= 4 is 23.0 Å². The molecule has 3 aromatic rings. The summed E-state index contributed by atoms with van der Waals surface area (Å²) >= 11 is 5.92. The molecule has 0 radical (unpaired) electrons. The maximum atomic E-state index is 5.92. The topological polar surface area (TPSA) is 64.0 Å². The molecule has 0 saturated carbocycles. The maximum absolute atomic E-state index is 5.92. The summed E-state index contributed by atoms with van der Waals surface area (Å²) in [5, 5.41) is 4.25. The van der Waals surface area contributed by atoms with Crippen LogP contribution in [0.1, 0.15) is 41.1 Å². The summed E-state index contributed by atoms with van der Waals surface area (Å²) in [4.78, 5) is 9.40. The van der Waals surface area contributed by atoms with Gasteiger partial charge in [-0.3, -0.25) is 9.88 Å². The van der Waals surface area contributed by atoms with E-state index in [-0.39, 0.29) is 18.9 Å². The van der Waals surface area contributed by atoms with Crippen LogP contribution in [0.5, 0.6) is 11.5 Å². The lowest BCUT2D eigenvalue weighted by molar-refractivity contribution is 0.0369. The van der Waals surface area contributed by atoms with E-state index >= 15 is 0 Å². The van der Waals surface area contributed by atoms with E-state index in [0.717, 1.165) is 68.7 Å². The van der Waals surface area contributed by atoms with E-state index in [1.165, 1.54) is 17.0 Å². The van der Waals surface area contributed by atoms with E-state index in [9.17, 15) is 0 Å². The third-order valence-electron chi connectivity index (χ3n) is 7.62. The summed E-state index contributed by atoms with van der Waals surface area (Å²) in [5.74, 6) is 1.51. The Kier molecular flexibility index (Phi) is 6.75. The van der Waals surface area contributed by atoms with E-state index < -0.39 is 0 Å². The monoisotopic (exact) mass is 519 g/mol. The Labute approximate surface area is 223 Å². The number of anilines is 1. The summed E-state index contributed by atoms with van der Waals surface area (Å²) in [6.07, 6.45) is 2.95. The molecule has 5 heterocycles. The predicted molar refractivity (Wildman–Crippen MR) is 146 cm³/mol. The van der Waals surface area contributed by atoms with Gasteiger partial charge in [-0.05, 0) is 68.4 Å². The van der Waals surface area contributed by atoms with Crippen LogP contribution in [0.4, 0.5) is 5.69 Å². The molecule has 9 heteroatoms. The highest BCUT2D eigenvalue weighted by Gasteiger charge is 2.42. The van der Waals surface area contributed by atoms with Crippen molar-refractivity contribution < 1.29 is 14.2 Å². The average molecular weight is 520 g/mol. The van der Waals surface area contributed by atoms with Gasteiger partial charge in [0.15, 0.2) is 16.6 Å². The second-order valence-electron chi connectivity index (χ2n) is 9.82. The number of hydrogen-bond acceptors (Lipinski definition) is 6. The molecule has 0 amide bonds. The molecular weight excluding hydrogens is 486 g/mol. The minimum absolute atomic E-state index is 0.0537. The molecule has 0 aliphatic carbocycles. The van der Waals surface area contributed by atoms with Crippen molar-refractivity contribution in [3.8, 4) is 11.5 Å². The third-order valence-corrected chi connectivity index (χ3v) is 7.94. The number of thiocarbonyl (C=S) groups is 1. The van der Waals surface area contributed by atoms with Crippen LogP contribution in [0.2, 0.25) is 0 Å². The van der Waals surface area contributed by atoms with Gasteiger partial charge < -0.3 is 29.0 Å². The second kappa shape index (κ2) is 10.3. The summed E-state index contributed by atoms with van der Waals surface area (Å²) in [7, 11) is 0. The van der Waals surface area contributed by atoms with Gasteiger partial charge in [0, 0.05) is 55.5 Å². The molecule has 2 saturated heterocycles. The Morgan fingerprint density at radius 3 is 2.68 bits per heavy atom. The van der Waals surface area contributed by atoms with Crippen LogP contribution >= 0.6 is 12.2 Å². The molecule has 194 valence electrons. The molecule has 0 spiro atoms. The van der Waals surface area contributed by atoms with E-state index in [1.807, 2.05) is 30.5 Å². The number of aromatic nitrogens is 2. The quantitative estimate of drug-likeness (QED) is 0.468. The van der Waals surface area contributed by atoms with Crippen LogP contribution in [-0.2, 0) is 11.3 Å². The SMILES string of the molecule is Cc1cc([C@H]2[C@H](c3ccccn3)NC(=S)N2c2ccc3c(c2)OCO3)c(C)n1CCCN1CCOCC1. The fraction of sp³-hybridized carbons (Fsp3) is 0.429. The van der Waals surface area contributed by atoms with E-state index in [1.54, 1.807) is 0 Å². The van der Waals surface area contributed by atoms with Crippen molar-refractivity contribution in [1.82, 2.24) is 19.8 Å². The highest BCUT2D eigenvalue weighted by atomic mass is 32.1. The number of benzene rings is 1. The molecular formula is C28H33N5O3S. The van der Waals surface area contributed by atoms with Crippen molar-refractivity contribution in [1.29, 1.82) is 0 Å². The fourth-order valence-electron chi connectivity index (χ4n) is 5.73. The zero-order chi connectivity index (χ0) is 25.4. The van der Waals surface area contributed by atoms with E-state index in [2.05, 4.69) is 51.7 Å². The Balaban J connectivity index is 1.33. The van der Waals surface area contributed by atoms with Gasteiger partial charge in [-0.25, -0.2) is 0 Å². The molecule has 8 nitrogen and oxygen atoms in total. The number of hydrogen-bond donors (Lipinski definition) is 1. The van der Waals surface area contributed by atoms with Gasteiger partial charge in [-0.15, -0.1) is 0 Å². The van der Waals surface area contributed by atoms with Gasteiger partial charge in [-0.2, -0.15) is 0 Å². The Bertz CT molecular complexity index is 1270. The number of fused-ring (bicyclic) bond motifs is 1. The average Bonchev–Trinajstić information content (AvgIpc) is 3.61. The van der Waals surface area contributed by atoms with Crippen molar-refractivity contribution in [2.45, 2.75) is 38.9 Å². The normalized spacial score (nSPS) is 21.5. The van der Waals surface area contributed by atoms with Crippen LogP contribution in [0.3, 0.4) is 0 Å². The largest absolute Gasteiger partial charge is 0.454 e. The number of aryl methyl sites for hydroxylation is 1. The van der Waals surface area contributed by atoms with Crippen LogP contribution in [-0.4, -0.2) is 59.2 Å². The number of pyridine rings is 1. The van der Waals surface area contributed by atoms with E-state index in [0.29, 0.717) is 5.11 Å². The van der Waals surface area contributed by atoms with Gasteiger partial charge in [0.05, 0.1) is 31.0 Å². The Hall–Kier alpha value is -3.14. The van der Waals surface area contributed by atoms with Gasteiger partial charge in [0.25, 0.3) is 0 Å². The second-order valence-corrected chi connectivity index (χ2v) is 10.2. The first kappa shape index (κ1) is 24.2. The summed E-state index contributed by atoms with van der Waals surface area (Å²) in [6, 6.07) is 14.3. The summed E-state index contributed by atoms with van der Waals surface area (Å²) < 4.78 is 19.2. The molecule has 3 aliphatic rings. The van der Waals surface area contributed by atoms with Crippen LogP contribution < -0.4 is 19.7 Å². The molecule has 2 fully saturated rings. The van der Waals surface area contributed by atoms with Crippen molar-refractivity contribution in [3.63, 3.8) is 0 Å². The highest BCUT2D eigenvalue weighted by molar-refractivity contribution is 7.80. The Morgan fingerprint density at radius 1 is 1.03 bits per heavy atom. The number of rotatable bonds is 7. The van der Waals surface area contributed by atoms with Gasteiger partial charge in [0.2, 0.25) is 6.79 Å². The zero-order valence-electron chi connectivity index (χ0n) is 21.4.